The van der Waals surface area contributed by atoms with E-state index in [0.717, 1.165) is 35.5 Å². The van der Waals surface area contributed by atoms with E-state index in [-0.39, 0.29) is 17.9 Å². The van der Waals surface area contributed by atoms with E-state index < -0.39 is 0 Å². The molecule has 0 radical (unpaired) electrons. The van der Waals surface area contributed by atoms with Crippen LogP contribution in [-0.2, 0) is 6.54 Å². The van der Waals surface area contributed by atoms with Gasteiger partial charge in [-0.15, -0.1) is 0 Å². The molecule has 0 aliphatic carbocycles. The summed E-state index contributed by atoms with van der Waals surface area (Å²) in [5.41, 5.74) is 3.80. The van der Waals surface area contributed by atoms with Gasteiger partial charge in [-0.3, -0.25) is 9.78 Å². The van der Waals surface area contributed by atoms with Gasteiger partial charge in [-0.25, -0.2) is 4.79 Å². The minimum Gasteiger partial charge on any atom is -0.496 e. The summed E-state index contributed by atoms with van der Waals surface area (Å²) in [4.78, 5) is 32.3. The monoisotopic (exact) mass is 492 g/mol. The number of rotatable bonds is 6. The van der Waals surface area contributed by atoms with Gasteiger partial charge in [0.25, 0.3) is 5.91 Å². The number of para-hydroxylation sites is 1. The molecule has 3 amide bonds. The van der Waals surface area contributed by atoms with Crippen molar-refractivity contribution in [2.45, 2.75) is 32.2 Å². The first-order chi connectivity index (χ1) is 16.9. The Bertz CT molecular complexity index is 1210. The number of nitrogens with zero attached hydrogens (tertiary/aromatic N) is 2. The van der Waals surface area contributed by atoms with Crippen molar-refractivity contribution in [2.24, 2.45) is 0 Å². The van der Waals surface area contributed by atoms with Crippen LogP contribution in [0.1, 0.15) is 46.1 Å². The largest absolute Gasteiger partial charge is 0.496 e. The first kappa shape index (κ1) is 24.5. The zero-order valence-corrected chi connectivity index (χ0v) is 20.6. The van der Waals surface area contributed by atoms with Gasteiger partial charge < -0.3 is 20.3 Å². The van der Waals surface area contributed by atoms with Crippen LogP contribution in [0, 0.1) is 6.92 Å². The summed E-state index contributed by atoms with van der Waals surface area (Å²) < 4.78 is 5.38. The zero-order valence-electron chi connectivity index (χ0n) is 19.9. The highest BCUT2D eigenvalue weighted by Crippen LogP contribution is 2.30. The molecule has 2 N–H and O–H groups in total. The van der Waals surface area contributed by atoms with E-state index in [0.29, 0.717) is 35.9 Å². The number of nitrogens with one attached hydrogen (secondary N) is 2. The summed E-state index contributed by atoms with van der Waals surface area (Å²) in [7, 11) is 1.62. The maximum absolute atomic E-state index is 13.1. The van der Waals surface area contributed by atoms with Gasteiger partial charge in [-0.05, 0) is 56.2 Å². The van der Waals surface area contributed by atoms with Crippen molar-refractivity contribution in [1.29, 1.82) is 0 Å². The molecule has 1 aliphatic rings. The lowest BCUT2D eigenvalue weighted by Gasteiger charge is -2.32. The van der Waals surface area contributed by atoms with Crippen LogP contribution >= 0.6 is 11.6 Å². The molecule has 4 rings (SSSR count). The van der Waals surface area contributed by atoms with E-state index in [4.69, 9.17) is 21.3 Å². The third kappa shape index (κ3) is 6.11. The highest BCUT2D eigenvalue weighted by Gasteiger charge is 2.28. The molecule has 182 valence electrons. The molecule has 1 aromatic heterocycles. The van der Waals surface area contributed by atoms with Crippen LogP contribution in [0.15, 0.2) is 60.7 Å². The van der Waals surface area contributed by atoms with Gasteiger partial charge in [0, 0.05) is 47.5 Å². The average molecular weight is 493 g/mol. The van der Waals surface area contributed by atoms with Gasteiger partial charge >= 0.3 is 6.03 Å². The van der Waals surface area contributed by atoms with E-state index in [1.807, 2.05) is 49.4 Å². The number of benzene rings is 2. The quantitative estimate of drug-likeness (QED) is 0.483. The molecule has 0 saturated carbocycles. The Morgan fingerprint density at radius 3 is 2.60 bits per heavy atom. The number of aromatic nitrogens is 1. The van der Waals surface area contributed by atoms with Crippen molar-refractivity contribution in [3.05, 3.63) is 88.2 Å². The first-order valence-corrected chi connectivity index (χ1v) is 12.0. The number of amides is 3. The Hall–Kier alpha value is -3.58. The second-order valence-corrected chi connectivity index (χ2v) is 9.02. The lowest BCUT2D eigenvalue weighted by Crippen LogP contribution is -2.41. The van der Waals surface area contributed by atoms with Crippen LogP contribution in [0.2, 0.25) is 5.02 Å². The second kappa shape index (κ2) is 11.2. The molecule has 35 heavy (non-hydrogen) atoms. The number of urea groups is 1. The topological polar surface area (TPSA) is 83.6 Å². The molecule has 0 spiro atoms. The van der Waals surface area contributed by atoms with E-state index in [2.05, 4.69) is 10.6 Å². The van der Waals surface area contributed by atoms with Crippen LogP contribution < -0.4 is 15.4 Å². The van der Waals surface area contributed by atoms with E-state index in [1.54, 1.807) is 30.2 Å². The van der Waals surface area contributed by atoms with Crippen molar-refractivity contribution in [3.63, 3.8) is 0 Å². The fourth-order valence-corrected chi connectivity index (χ4v) is 4.51. The number of hydrogen-bond donors (Lipinski definition) is 2. The molecule has 7 nitrogen and oxygen atoms in total. The number of aryl methyl sites for hydroxylation is 1. The summed E-state index contributed by atoms with van der Waals surface area (Å²) >= 11 is 6.02. The molecule has 2 heterocycles. The predicted molar refractivity (Wildman–Crippen MR) is 137 cm³/mol. The normalized spacial score (nSPS) is 13.9. The molecule has 1 saturated heterocycles. The third-order valence-corrected chi connectivity index (χ3v) is 6.42. The fraction of sp³-hybridized carbons (Fsp3) is 0.296. The van der Waals surface area contributed by atoms with Gasteiger partial charge in [0.2, 0.25) is 0 Å². The molecule has 3 aromatic rings. The predicted octanol–water partition coefficient (Wildman–Crippen LogP) is 5.39. The Morgan fingerprint density at radius 2 is 1.86 bits per heavy atom. The summed E-state index contributed by atoms with van der Waals surface area (Å²) in [6.45, 7) is 3.44. The van der Waals surface area contributed by atoms with E-state index >= 15 is 0 Å². The number of carbonyl (C=O) groups excluding carboxylic acids is 2. The summed E-state index contributed by atoms with van der Waals surface area (Å²) in [5.74, 6) is 0.662. The number of methoxy groups -OCH3 is 1. The molecule has 0 unspecified atom stereocenters. The molecule has 1 aliphatic heterocycles. The second-order valence-electron chi connectivity index (χ2n) is 8.58. The zero-order chi connectivity index (χ0) is 24.8. The number of pyridine rings is 1. The van der Waals surface area contributed by atoms with E-state index in [1.165, 1.54) is 0 Å². The molecular formula is C27H29ClN4O3. The van der Waals surface area contributed by atoms with Crippen LogP contribution in [-0.4, -0.2) is 42.0 Å². The molecule has 2 aromatic carbocycles. The standard InChI is InChI=1S/C27H29ClN4O3/c1-18-10-11-23(26(33)29-17-20-6-3-4-9-24(20)35-2)25(30-18)19-12-14-32(15-13-19)27(34)31-22-8-5-7-21(28)16-22/h3-11,16,19H,12-15,17H2,1-2H3,(H,29,33)(H,31,34). The molecule has 8 heteroatoms. The number of likely N-dealkylation sites (tertiary alicyclic amines) is 1. The summed E-state index contributed by atoms with van der Waals surface area (Å²) in [5, 5.41) is 6.48. The SMILES string of the molecule is COc1ccccc1CNC(=O)c1ccc(C)nc1C1CCN(C(=O)Nc2cccc(Cl)c2)CC1. The molecule has 0 bridgehead atoms. The smallest absolute Gasteiger partial charge is 0.321 e. The van der Waals surface area contributed by atoms with Crippen LogP contribution in [0.25, 0.3) is 0 Å². The van der Waals surface area contributed by atoms with Crippen molar-refractivity contribution < 1.29 is 14.3 Å². The highest BCUT2D eigenvalue weighted by molar-refractivity contribution is 6.30. The Morgan fingerprint density at radius 1 is 1.09 bits per heavy atom. The van der Waals surface area contributed by atoms with Crippen LogP contribution in [0.5, 0.6) is 5.75 Å². The molecule has 1 fully saturated rings. The maximum atomic E-state index is 13.1. The van der Waals surface area contributed by atoms with Crippen LogP contribution in [0.4, 0.5) is 10.5 Å². The Balaban J connectivity index is 1.41. The van der Waals surface area contributed by atoms with Crippen molar-refractivity contribution in [2.75, 3.05) is 25.5 Å². The summed E-state index contributed by atoms with van der Waals surface area (Å²) in [6.07, 6.45) is 1.46. The number of anilines is 1. The van der Waals surface area contributed by atoms with Gasteiger partial charge in [0.05, 0.1) is 18.4 Å². The third-order valence-electron chi connectivity index (χ3n) is 6.19. The fourth-order valence-electron chi connectivity index (χ4n) is 4.32. The Labute approximate surface area is 210 Å². The summed E-state index contributed by atoms with van der Waals surface area (Å²) in [6, 6.07) is 18.2. The first-order valence-electron chi connectivity index (χ1n) is 11.6. The number of piperidine rings is 1. The highest BCUT2D eigenvalue weighted by atomic mass is 35.5. The molecular weight excluding hydrogens is 464 g/mol. The number of halogens is 1. The lowest BCUT2D eigenvalue weighted by atomic mass is 9.90. The minimum atomic E-state index is -0.167. The minimum absolute atomic E-state index is 0.0946. The number of hydrogen-bond acceptors (Lipinski definition) is 4. The van der Waals surface area contributed by atoms with E-state index in [9.17, 15) is 9.59 Å². The van der Waals surface area contributed by atoms with Gasteiger partial charge in [-0.1, -0.05) is 35.9 Å². The molecule has 0 atom stereocenters. The number of carbonyl (C=O) groups is 2. The van der Waals surface area contributed by atoms with Crippen LogP contribution in [0.3, 0.4) is 0 Å². The van der Waals surface area contributed by atoms with Crippen molar-refractivity contribution >= 4 is 29.2 Å². The van der Waals surface area contributed by atoms with Crippen molar-refractivity contribution in [1.82, 2.24) is 15.2 Å². The van der Waals surface area contributed by atoms with Gasteiger partial charge in [0.1, 0.15) is 5.75 Å². The van der Waals surface area contributed by atoms with Gasteiger partial charge in [0.15, 0.2) is 0 Å². The number of ether oxygens (including phenoxy) is 1. The van der Waals surface area contributed by atoms with Gasteiger partial charge in [-0.2, -0.15) is 0 Å². The lowest BCUT2D eigenvalue weighted by molar-refractivity contribution is 0.0947. The van der Waals surface area contributed by atoms with Crippen molar-refractivity contribution in [3.8, 4) is 5.75 Å². The maximum Gasteiger partial charge on any atom is 0.321 e. The Kier molecular flexibility index (Phi) is 7.87. The average Bonchev–Trinajstić information content (AvgIpc) is 2.87.